The highest BCUT2D eigenvalue weighted by Crippen LogP contribution is 2.16. The summed E-state index contributed by atoms with van der Waals surface area (Å²) in [6.07, 6.45) is 0.996. The highest BCUT2D eigenvalue weighted by atomic mass is 15.1. The molecule has 2 nitrogen and oxygen atoms in total. The number of hydrogen-bond acceptors (Lipinski definition) is 1. The maximum Gasteiger partial charge on any atom is 0.101 e. The largest absolute Gasteiger partial charge is 0.363 e. The fourth-order valence-corrected chi connectivity index (χ4v) is 1.63. The van der Waals surface area contributed by atoms with Crippen molar-refractivity contribution in [3.63, 3.8) is 0 Å². The van der Waals surface area contributed by atoms with Gasteiger partial charge in [-0.05, 0) is 12.0 Å². The Morgan fingerprint density at radius 2 is 1.75 bits per heavy atom. The van der Waals surface area contributed by atoms with Crippen molar-refractivity contribution in [3.8, 4) is 0 Å². The lowest BCUT2D eigenvalue weighted by molar-refractivity contribution is 0.425. The molecule has 0 aliphatic carbocycles. The predicted molar refractivity (Wildman–Crippen MR) is 70.0 cm³/mol. The summed E-state index contributed by atoms with van der Waals surface area (Å²) in [5.41, 5.74) is 1.27. The number of nitrogens with zero attached hydrogens (tertiary/aromatic N) is 1. The van der Waals surface area contributed by atoms with Gasteiger partial charge in [0.2, 0.25) is 0 Å². The van der Waals surface area contributed by atoms with Crippen molar-refractivity contribution >= 4 is 5.84 Å². The topological polar surface area (TPSA) is 27.1 Å². The van der Waals surface area contributed by atoms with Crippen molar-refractivity contribution in [3.05, 3.63) is 35.9 Å². The summed E-state index contributed by atoms with van der Waals surface area (Å²) in [7, 11) is 2.00. The van der Waals surface area contributed by atoms with E-state index < -0.39 is 0 Å². The SMILES string of the molecule is CN(CCc1ccccc1)C(=N)C(C)(C)C. The van der Waals surface area contributed by atoms with Gasteiger partial charge in [0.1, 0.15) is 5.84 Å². The Morgan fingerprint density at radius 3 is 2.25 bits per heavy atom. The second kappa shape index (κ2) is 5.15. The summed E-state index contributed by atoms with van der Waals surface area (Å²) >= 11 is 0. The normalized spacial score (nSPS) is 11.2. The minimum atomic E-state index is -0.0640. The predicted octanol–water partition coefficient (Wildman–Crippen LogP) is 3.18. The van der Waals surface area contributed by atoms with E-state index in [-0.39, 0.29) is 5.41 Å². The minimum absolute atomic E-state index is 0.0640. The zero-order valence-corrected chi connectivity index (χ0v) is 10.7. The summed E-state index contributed by atoms with van der Waals surface area (Å²) in [6.45, 7) is 7.14. The van der Waals surface area contributed by atoms with E-state index >= 15 is 0 Å². The average molecular weight is 218 g/mol. The summed E-state index contributed by atoms with van der Waals surface area (Å²) in [5.74, 6) is 0.698. The Labute approximate surface area is 98.8 Å². The Bertz CT molecular complexity index is 336. The number of benzene rings is 1. The van der Waals surface area contributed by atoms with Gasteiger partial charge in [0.25, 0.3) is 0 Å². The van der Waals surface area contributed by atoms with E-state index in [1.54, 1.807) is 0 Å². The Kier molecular flexibility index (Phi) is 4.11. The second-order valence-electron chi connectivity index (χ2n) is 5.26. The van der Waals surface area contributed by atoms with Gasteiger partial charge < -0.3 is 4.90 Å². The molecule has 88 valence electrons. The van der Waals surface area contributed by atoms with Crippen LogP contribution >= 0.6 is 0 Å². The lowest BCUT2D eigenvalue weighted by Gasteiger charge is -2.29. The first kappa shape index (κ1) is 12.8. The molecule has 0 aliphatic rings. The second-order valence-corrected chi connectivity index (χ2v) is 5.26. The van der Waals surface area contributed by atoms with Gasteiger partial charge >= 0.3 is 0 Å². The molecule has 0 aliphatic heterocycles. The molecule has 0 amide bonds. The molecule has 1 N–H and O–H groups in total. The van der Waals surface area contributed by atoms with Gasteiger partial charge in [-0.15, -0.1) is 0 Å². The summed E-state index contributed by atoms with van der Waals surface area (Å²) in [5, 5.41) is 8.04. The first-order chi connectivity index (χ1) is 7.41. The van der Waals surface area contributed by atoms with Crippen molar-refractivity contribution in [1.29, 1.82) is 5.41 Å². The van der Waals surface area contributed by atoms with Crippen LogP contribution in [0.2, 0.25) is 0 Å². The van der Waals surface area contributed by atoms with Crippen LogP contribution in [0.3, 0.4) is 0 Å². The fraction of sp³-hybridized carbons (Fsp3) is 0.500. The van der Waals surface area contributed by atoms with Crippen molar-refractivity contribution < 1.29 is 0 Å². The van der Waals surface area contributed by atoms with Crippen molar-refractivity contribution in [1.82, 2.24) is 4.90 Å². The third-order valence-electron chi connectivity index (χ3n) is 2.67. The molecule has 0 radical (unpaired) electrons. The van der Waals surface area contributed by atoms with E-state index in [2.05, 4.69) is 45.0 Å². The van der Waals surface area contributed by atoms with E-state index in [0.29, 0.717) is 5.84 Å². The smallest absolute Gasteiger partial charge is 0.101 e. The zero-order chi connectivity index (χ0) is 12.2. The quantitative estimate of drug-likeness (QED) is 0.612. The maximum atomic E-state index is 8.04. The fourth-order valence-electron chi connectivity index (χ4n) is 1.63. The average Bonchev–Trinajstić information content (AvgIpc) is 2.25. The van der Waals surface area contributed by atoms with E-state index in [4.69, 9.17) is 5.41 Å². The highest BCUT2D eigenvalue weighted by molar-refractivity contribution is 5.84. The molecule has 1 rings (SSSR count). The van der Waals surface area contributed by atoms with Crippen LogP contribution in [0.5, 0.6) is 0 Å². The molecule has 0 saturated heterocycles. The van der Waals surface area contributed by atoms with E-state index in [1.165, 1.54) is 5.56 Å². The first-order valence-corrected chi connectivity index (χ1v) is 5.75. The van der Waals surface area contributed by atoms with Gasteiger partial charge in [-0.3, -0.25) is 5.41 Å². The third-order valence-corrected chi connectivity index (χ3v) is 2.67. The maximum absolute atomic E-state index is 8.04. The molecular weight excluding hydrogens is 196 g/mol. The first-order valence-electron chi connectivity index (χ1n) is 5.75. The zero-order valence-electron chi connectivity index (χ0n) is 10.7. The monoisotopic (exact) mass is 218 g/mol. The van der Waals surface area contributed by atoms with Crippen LogP contribution in [0.25, 0.3) is 0 Å². The summed E-state index contributed by atoms with van der Waals surface area (Å²) in [6, 6.07) is 10.4. The lowest BCUT2D eigenvalue weighted by atomic mass is 9.94. The molecule has 1 aromatic carbocycles. The van der Waals surface area contributed by atoms with Crippen molar-refractivity contribution in [2.75, 3.05) is 13.6 Å². The Hall–Kier alpha value is -1.31. The standard InChI is InChI=1S/C14H22N2/c1-14(2,3)13(15)16(4)11-10-12-8-6-5-7-9-12/h5-9,15H,10-11H2,1-4H3. The number of likely N-dealkylation sites (N-methyl/N-ethyl adjacent to an activating group) is 1. The molecule has 0 heterocycles. The molecule has 16 heavy (non-hydrogen) atoms. The molecule has 0 bridgehead atoms. The van der Waals surface area contributed by atoms with Gasteiger partial charge in [0.05, 0.1) is 0 Å². The number of nitrogens with one attached hydrogen (secondary N) is 1. The molecule has 2 heteroatoms. The lowest BCUT2D eigenvalue weighted by Crippen LogP contribution is -2.37. The van der Waals surface area contributed by atoms with Crippen LogP contribution in [0, 0.1) is 10.8 Å². The van der Waals surface area contributed by atoms with Gasteiger partial charge in [0, 0.05) is 19.0 Å². The van der Waals surface area contributed by atoms with Crippen LogP contribution in [0.4, 0.5) is 0 Å². The van der Waals surface area contributed by atoms with Crippen LogP contribution in [0.15, 0.2) is 30.3 Å². The number of rotatable bonds is 3. The van der Waals surface area contributed by atoms with Gasteiger partial charge in [-0.2, -0.15) is 0 Å². The van der Waals surface area contributed by atoms with Gasteiger partial charge in [-0.25, -0.2) is 0 Å². The van der Waals surface area contributed by atoms with Gasteiger partial charge in [-0.1, -0.05) is 51.1 Å². The van der Waals surface area contributed by atoms with Crippen molar-refractivity contribution in [2.45, 2.75) is 27.2 Å². The minimum Gasteiger partial charge on any atom is -0.363 e. The molecule has 0 spiro atoms. The Balaban J connectivity index is 2.48. The van der Waals surface area contributed by atoms with Gasteiger partial charge in [0.15, 0.2) is 0 Å². The molecular formula is C14H22N2. The summed E-state index contributed by atoms with van der Waals surface area (Å²) < 4.78 is 0. The number of amidine groups is 1. The van der Waals surface area contributed by atoms with E-state index in [1.807, 2.05) is 18.0 Å². The van der Waals surface area contributed by atoms with E-state index in [9.17, 15) is 0 Å². The van der Waals surface area contributed by atoms with Crippen LogP contribution in [0.1, 0.15) is 26.3 Å². The molecule has 0 unspecified atom stereocenters. The number of hydrogen-bond donors (Lipinski definition) is 1. The van der Waals surface area contributed by atoms with E-state index in [0.717, 1.165) is 13.0 Å². The molecule has 0 atom stereocenters. The van der Waals surface area contributed by atoms with Crippen LogP contribution < -0.4 is 0 Å². The Morgan fingerprint density at radius 1 is 1.19 bits per heavy atom. The molecule has 1 aromatic rings. The third kappa shape index (κ3) is 3.69. The highest BCUT2D eigenvalue weighted by Gasteiger charge is 2.20. The molecule has 0 saturated carbocycles. The van der Waals surface area contributed by atoms with Crippen molar-refractivity contribution in [2.24, 2.45) is 5.41 Å². The molecule has 0 fully saturated rings. The van der Waals surface area contributed by atoms with Crippen LogP contribution in [-0.2, 0) is 6.42 Å². The summed E-state index contributed by atoms with van der Waals surface area (Å²) in [4.78, 5) is 2.03. The van der Waals surface area contributed by atoms with Crippen LogP contribution in [-0.4, -0.2) is 24.3 Å². The molecule has 0 aromatic heterocycles.